The van der Waals surface area contributed by atoms with Crippen molar-refractivity contribution in [1.29, 1.82) is 0 Å². The molecule has 0 saturated carbocycles. The Balaban J connectivity index is 1.60. The fourth-order valence-electron chi connectivity index (χ4n) is 2.78. The number of ether oxygens (including phenoxy) is 1. The fourth-order valence-corrected chi connectivity index (χ4v) is 2.78. The van der Waals surface area contributed by atoms with Gasteiger partial charge in [-0.1, -0.05) is 30.3 Å². The van der Waals surface area contributed by atoms with Crippen LogP contribution in [0.1, 0.15) is 19.4 Å². The summed E-state index contributed by atoms with van der Waals surface area (Å²) in [7, 11) is 0. The molecular formula is C17H22N4O. The molecule has 1 N–H and O–H groups in total. The smallest absolute Gasteiger partial charge is 0.225 e. The second kappa shape index (κ2) is 6.75. The first-order chi connectivity index (χ1) is 10.7. The maximum absolute atomic E-state index is 5.72. The van der Waals surface area contributed by atoms with Gasteiger partial charge in [-0.2, -0.15) is 0 Å². The lowest BCUT2D eigenvalue weighted by Crippen LogP contribution is -2.54. The number of anilines is 1. The minimum Gasteiger partial charge on any atom is -0.486 e. The third-order valence-electron chi connectivity index (χ3n) is 3.70. The zero-order valence-corrected chi connectivity index (χ0v) is 13.1. The van der Waals surface area contributed by atoms with Gasteiger partial charge in [0.25, 0.3) is 0 Å². The molecule has 5 heteroatoms. The maximum atomic E-state index is 5.72. The summed E-state index contributed by atoms with van der Waals surface area (Å²) < 4.78 is 5.72. The average Bonchev–Trinajstić information content (AvgIpc) is 2.53. The Morgan fingerprint density at radius 3 is 2.36 bits per heavy atom. The van der Waals surface area contributed by atoms with Crippen LogP contribution in [0.2, 0.25) is 0 Å². The molecule has 2 unspecified atom stereocenters. The van der Waals surface area contributed by atoms with Gasteiger partial charge in [-0.25, -0.2) is 9.97 Å². The van der Waals surface area contributed by atoms with E-state index >= 15 is 0 Å². The van der Waals surface area contributed by atoms with E-state index in [1.54, 1.807) is 12.4 Å². The first-order valence-corrected chi connectivity index (χ1v) is 7.70. The molecule has 0 spiro atoms. The number of piperazine rings is 1. The van der Waals surface area contributed by atoms with E-state index in [0.29, 0.717) is 24.4 Å². The van der Waals surface area contributed by atoms with E-state index in [9.17, 15) is 0 Å². The van der Waals surface area contributed by atoms with Gasteiger partial charge in [-0.05, 0) is 19.4 Å². The molecule has 1 aliphatic rings. The lowest BCUT2D eigenvalue weighted by molar-refractivity contribution is 0.303. The number of hydrogen-bond donors (Lipinski definition) is 1. The third-order valence-corrected chi connectivity index (χ3v) is 3.70. The maximum Gasteiger partial charge on any atom is 0.225 e. The summed E-state index contributed by atoms with van der Waals surface area (Å²) in [6.07, 6.45) is 3.51. The van der Waals surface area contributed by atoms with Crippen molar-refractivity contribution >= 4 is 5.95 Å². The van der Waals surface area contributed by atoms with E-state index in [-0.39, 0.29) is 0 Å². The van der Waals surface area contributed by atoms with Gasteiger partial charge in [0.1, 0.15) is 6.61 Å². The van der Waals surface area contributed by atoms with Gasteiger partial charge in [0, 0.05) is 25.2 Å². The Morgan fingerprint density at radius 2 is 1.73 bits per heavy atom. The van der Waals surface area contributed by atoms with Crippen LogP contribution in [0.5, 0.6) is 5.75 Å². The third kappa shape index (κ3) is 3.74. The molecule has 3 rings (SSSR count). The van der Waals surface area contributed by atoms with Gasteiger partial charge in [0.15, 0.2) is 5.75 Å². The van der Waals surface area contributed by atoms with Crippen molar-refractivity contribution in [2.45, 2.75) is 32.5 Å². The van der Waals surface area contributed by atoms with Crippen LogP contribution in [0.25, 0.3) is 0 Å². The zero-order chi connectivity index (χ0) is 15.4. The van der Waals surface area contributed by atoms with Crippen LogP contribution < -0.4 is 15.0 Å². The molecular weight excluding hydrogens is 276 g/mol. The second-order valence-electron chi connectivity index (χ2n) is 5.87. The predicted molar refractivity (Wildman–Crippen MR) is 87.1 cm³/mol. The minimum atomic E-state index is 0.446. The van der Waals surface area contributed by atoms with Crippen molar-refractivity contribution < 1.29 is 4.74 Å². The largest absolute Gasteiger partial charge is 0.486 e. The van der Waals surface area contributed by atoms with Crippen LogP contribution in [0, 0.1) is 0 Å². The van der Waals surface area contributed by atoms with Gasteiger partial charge in [-0.15, -0.1) is 0 Å². The van der Waals surface area contributed by atoms with Crippen molar-refractivity contribution in [1.82, 2.24) is 15.3 Å². The highest BCUT2D eigenvalue weighted by atomic mass is 16.5. The van der Waals surface area contributed by atoms with Crippen LogP contribution in [0.4, 0.5) is 5.95 Å². The number of rotatable bonds is 4. The van der Waals surface area contributed by atoms with Gasteiger partial charge in [-0.3, -0.25) is 0 Å². The van der Waals surface area contributed by atoms with E-state index in [1.165, 1.54) is 0 Å². The molecule has 0 amide bonds. The molecule has 1 aromatic heterocycles. The van der Waals surface area contributed by atoms with Crippen LogP contribution in [0.15, 0.2) is 42.7 Å². The van der Waals surface area contributed by atoms with Gasteiger partial charge in [0.05, 0.1) is 12.4 Å². The molecule has 116 valence electrons. The SMILES string of the molecule is CC1CN(c2ncc(OCc3ccccc3)cn2)CC(C)N1. The van der Waals surface area contributed by atoms with Crippen LogP contribution in [-0.2, 0) is 6.61 Å². The highest BCUT2D eigenvalue weighted by molar-refractivity contribution is 5.33. The molecule has 1 aromatic carbocycles. The van der Waals surface area contributed by atoms with E-state index in [2.05, 4.69) is 34.0 Å². The zero-order valence-electron chi connectivity index (χ0n) is 13.1. The molecule has 0 bridgehead atoms. The number of nitrogens with one attached hydrogen (secondary N) is 1. The molecule has 0 radical (unpaired) electrons. The van der Waals surface area contributed by atoms with Crippen molar-refractivity contribution in [3.63, 3.8) is 0 Å². The molecule has 22 heavy (non-hydrogen) atoms. The Kier molecular flexibility index (Phi) is 4.53. The van der Waals surface area contributed by atoms with Crippen molar-refractivity contribution in [3.05, 3.63) is 48.3 Å². The summed E-state index contributed by atoms with van der Waals surface area (Å²) in [4.78, 5) is 11.1. The molecule has 2 heterocycles. The Labute approximate surface area is 131 Å². The molecule has 0 aliphatic carbocycles. The van der Waals surface area contributed by atoms with Gasteiger partial charge in [0.2, 0.25) is 5.95 Å². The number of aromatic nitrogens is 2. The van der Waals surface area contributed by atoms with E-state index in [0.717, 1.165) is 24.6 Å². The number of nitrogens with zero attached hydrogens (tertiary/aromatic N) is 3. The van der Waals surface area contributed by atoms with Crippen LogP contribution in [0.3, 0.4) is 0 Å². The second-order valence-corrected chi connectivity index (χ2v) is 5.87. The van der Waals surface area contributed by atoms with Crippen LogP contribution >= 0.6 is 0 Å². The first kappa shape index (κ1) is 14.8. The Bertz CT molecular complexity index is 577. The molecule has 5 nitrogen and oxygen atoms in total. The predicted octanol–water partition coefficient (Wildman–Crippen LogP) is 2.24. The van der Waals surface area contributed by atoms with Crippen molar-refractivity contribution in [2.24, 2.45) is 0 Å². The monoisotopic (exact) mass is 298 g/mol. The minimum absolute atomic E-state index is 0.446. The molecule has 2 atom stereocenters. The van der Waals surface area contributed by atoms with Crippen molar-refractivity contribution in [3.8, 4) is 5.75 Å². The van der Waals surface area contributed by atoms with E-state index in [4.69, 9.17) is 4.74 Å². The molecule has 1 aliphatic heterocycles. The van der Waals surface area contributed by atoms with Gasteiger partial charge >= 0.3 is 0 Å². The van der Waals surface area contributed by atoms with E-state index < -0.39 is 0 Å². The highest BCUT2D eigenvalue weighted by Gasteiger charge is 2.22. The Morgan fingerprint density at radius 1 is 1.09 bits per heavy atom. The van der Waals surface area contributed by atoms with Gasteiger partial charge < -0.3 is 15.0 Å². The summed E-state index contributed by atoms with van der Waals surface area (Å²) in [5, 5.41) is 3.51. The summed E-state index contributed by atoms with van der Waals surface area (Å²) in [6, 6.07) is 11.0. The van der Waals surface area contributed by atoms with Crippen LogP contribution in [-0.4, -0.2) is 35.1 Å². The lowest BCUT2D eigenvalue weighted by Gasteiger charge is -2.36. The lowest BCUT2D eigenvalue weighted by atomic mass is 10.1. The number of hydrogen-bond acceptors (Lipinski definition) is 5. The first-order valence-electron chi connectivity index (χ1n) is 7.70. The molecule has 1 saturated heterocycles. The average molecular weight is 298 g/mol. The Hall–Kier alpha value is -2.14. The molecule has 2 aromatic rings. The summed E-state index contributed by atoms with van der Waals surface area (Å²) in [5.41, 5.74) is 1.14. The van der Waals surface area contributed by atoms with Crippen molar-refractivity contribution in [2.75, 3.05) is 18.0 Å². The highest BCUT2D eigenvalue weighted by Crippen LogP contribution is 2.16. The topological polar surface area (TPSA) is 50.3 Å². The normalized spacial score (nSPS) is 21.6. The van der Waals surface area contributed by atoms with E-state index in [1.807, 2.05) is 30.3 Å². The number of benzene rings is 1. The summed E-state index contributed by atoms with van der Waals surface area (Å²) in [6.45, 7) is 6.74. The fraction of sp³-hybridized carbons (Fsp3) is 0.412. The quantitative estimate of drug-likeness (QED) is 0.938. The summed E-state index contributed by atoms with van der Waals surface area (Å²) in [5.74, 6) is 1.47. The standard InChI is InChI=1S/C17H22N4O/c1-13-10-21(11-14(2)20-13)17-18-8-16(9-19-17)22-12-15-6-4-3-5-7-15/h3-9,13-14,20H,10-12H2,1-2H3. The summed E-state index contributed by atoms with van der Waals surface area (Å²) >= 11 is 0. The molecule has 1 fully saturated rings.